The summed E-state index contributed by atoms with van der Waals surface area (Å²) in [6.07, 6.45) is 3.05. The molecule has 27 heavy (non-hydrogen) atoms. The molecule has 0 radical (unpaired) electrons. The first-order valence-electron chi connectivity index (χ1n) is 9.72. The van der Waals surface area contributed by atoms with Gasteiger partial charge in [-0.05, 0) is 37.0 Å². The fourth-order valence-corrected chi connectivity index (χ4v) is 4.21. The van der Waals surface area contributed by atoms with E-state index in [9.17, 15) is 9.18 Å². The number of likely N-dealkylation sites (tertiary alicyclic amines) is 1. The minimum atomic E-state index is -0.240. The monoisotopic (exact) mass is 367 g/mol. The molecule has 0 saturated carbocycles. The Morgan fingerprint density at radius 3 is 2.59 bits per heavy atom. The molecule has 2 aromatic carbocycles. The third-order valence-corrected chi connectivity index (χ3v) is 5.80. The maximum absolute atomic E-state index is 14.0. The van der Waals surface area contributed by atoms with Gasteiger partial charge >= 0.3 is 0 Å². The summed E-state index contributed by atoms with van der Waals surface area (Å²) in [6.45, 7) is 2.98. The Bertz CT molecular complexity index is 815. The Labute approximate surface area is 159 Å². The number of halogens is 1. The number of amides is 1. The van der Waals surface area contributed by atoms with Crippen molar-refractivity contribution in [2.24, 2.45) is 0 Å². The van der Waals surface area contributed by atoms with Crippen molar-refractivity contribution >= 4 is 11.6 Å². The molecule has 1 fully saturated rings. The van der Waals surface area contributed by atoms with Crippen LogP contribution in [0.25, 0.3) is 0 Å². The summed E-state index contributed by atoms with van der Waals surface area (Å²) in [5.74, 6) is -0.0375. The molecule has 1 saturated heterocycles. The highest BCUT2D eigenvalue weighted by Crippen LogP contribution is 2.33. The van der Waals surface area contributed by atoms with Crippen LogP contribution in [0.2, 0.25) is 0 Å². The molecule has 0 bridgehead atoms. The Balaban J connectivity index is 1.49. The van der Waals surface area contributed by atoms with E-state index in [1.807, 2.05) is 24.3 Å². The third-order valence-electron chi connectivity index (χ3n) is 5.80. The van der Waals surface area contributed by atoms with Crippen LogP contribution in [0.15, 0.2) is 48.5 Å². The number of nitrogens with one attached hydrogen (secondary N) is 2. The second-order valence-electron chi connectivity index (χ2n) is 7.71. The van der Waals surface area contributed by atoms with E-state index in [-0.39, 0.29) is 17.3 Å². The molecule has 0 aliphatic carbocycles. The minimum absolute atomic E-state index is 0.109. The molecule has 0 aromatic heterocycles. The van der Waals surface area contributed by atoms with Gasteiger partial charge in [-0.1, -0.05) is 36.4 Å². The van der Waals surface area contributed by atoms with Crippen molar-refractivity contribution in [3.63, 3.8) is 0 Å². The van der Waals surface area contributed by atoms with E-state index in [4.69, 9.17) is 0 Å². The van der Waals surface area contributed by atoms with Crippen molar-refractivity contribution in [1.82, 2.24) is 10.2 Å². The smallest absolute Gasteiger partial charge is 0.222 e. The molecule has 2 aromatic rings. The fourth-order valence-electron chi connectivity index (χ4n) is 4.21. The van der Waals surface area contributed by atoms with Crippen LogP contribution in [0.4, 0.5) is 10.1 Å². The maximum atomic E-state index is 14.0. The van der Waals surface area contributed by atoms with Gasteiger partial charge in [0.05, 0.1) is 0 Å². The van der Waals surface area contributed by atoms with Crippen molar-refractivity contribution in [1.29, 1.82) is 0 Å². The summed E-state index contributed by atoms with van der Waals surface area (Å²) in [4.78, 5) is 14.7. The molecule has 2 heterocycles. The van der Waals surface area contributed by atoms with Crippen LogP contribution in [0.1, 0.15) is 30.4 Å². The van der Waals surface area contributed by atoms with Crippen LogP contribution in [-0.2, 0) is 17.8 Å². The second-order valence-corrected chi connectivity index (χ2v) is 7.71. The first-order chi connectivity index (χ1) is 13.1. The number of fused-ring (bicyclic) bond motifs is 1. The summed E-state index contributed by atoms with van der Waals surface area (Å²) in [6, 6.07) is 15.3. The lowest BCUT2D eigenvalue weighted by Gasteiger charge is -2.43. The summed E-state index contributed by atoms with van der Waals surface area (Å²) in [5, 5.41) is 6.77. The highest BCUT2D eigenvalue weighted by Gasteiger charge is 2.37. The zero-order valence-electron chi connectivity index (χ0n) is 15.5. The van der Waals surface area contributed by atoms with Gasteiger partial charge in [-0.25, -0.2) is 4.39 Å². The number of para-hydroxylation sites is 1. The van der Waals surface area contributed by atoms with Gasteiger partial charge in [-0.2, -0.15) is 0 Å². The fraction of sp³-hybridized carbons (Fsp3) is 0.409. The van der Waals surface area contributed by atoms with Gasteiger partial charge < -0.3 is 10.6 Å². The van der Waals surface area contributed by atoms with Crippen LogP contribution in [0.5, 0.6) is 0 Å². The number of benzene rings is 2. The first kappa shape index (κ1) is 18.0. The van der Waals surface area contributed by atoms with Gasteiger partial charge in [0.15, 0.2) is 0 Å². The second kappa shape index (κ2) is 7.69. The zero-order valence-corrected chi connectivity index (χ0v) is 15.5. The lowest BCUT2D eigenvalue weighted by Crippen LogP contribution is -2.51. The lowest BCUT2D eigenvalue weighted by atomic mass is 9.83. The molecular formula is C22H26FN3O. The normalized spacial score (nSPS) is 20.0. The first-order valence-corrected chi connectivity index (χ1v) is 9.72. The van der Waals surface area contributed by atoms with Gasteiger partial charge in [0, 0.05) is 49.4 Å². The molecule has 1 spiro atoms. The summed E-state index contributed by atoms with van der Waals surface area (Å²) >= 11 is 0. The average Bonchev–Trinajstić information content (AvgIpc) is 2.73. The largest absolute Gasteiger partial charge is 0.379 e. The van der Waals surface area contributed by atoms with E-state index < -0.39 is 0 Å². The van der Waals surface area contributed by atoms with Crippen molar-refractivity contribution in [2.75, 3.05) is 25.0 Å². The van der Waals surface area contributed by atoms with E-state index in [1.54, 1.807) is 6.07 Å². The number of piperidine rings is 1. The quantitative estimate of drug-likeness (QED) is 0.856. The molecule has 4 rings (SSSR count). The van der Waals surface area contributed by atoms with Gasteiger partial charge in [0.2, 0.25) is 5.91 Å². The van der Waals surface area contributed by atoms with Crippen molar-refractivity contribution in [3.05, 3.63) is 65.5 Å². The number of hydrogen-bond acceptors (Lipinski definition) is 3. The van der Waals surface area contributed by atoms with Gasteiger partial charge in [-0.15, -0.1) is 0 Å². The van der Waals surface area contributed by atoms with Gasteiger partial charge in [-0.3, -0.25) is 9.69 Å². The predicted octanol–water partition coefficient (Wildman–Crippen LogP) is 3.33. The highest BCUT2D eigenvalue weighted by molar-refractivity contribution is 5.78. The van der Waals surface area contributed by atoms with Gasteiger partial charge in [0.25, 0.3) is 0 Å². The van der Waals surface area contributed by atoms with Crippen LogP contribution >= 0.6 is 0 Å². The van der Waals surface area contributed by atoms with Crippen LogP contribution in [0.3, 0.4) is 0 Å². The average molecular weight is 367 g/mol. The Morgan fingerprint density at radius 1 is 1.04 bits per heavy atom. The molecule has 4 nitrogen and oxygen atoms in total. The Morgan fingerprint density at radius 2 is 1.78 bits per heavy atom. The number of hydrogen-bond donors (Lipinski definition) is 2. The molecular weight excluding hydrogens is 341 g/mol. The van der Waals surface area contributed by atoms with Crippen molar-refractivity contribution < 1.29 is 9.18 Å². The predicted molar refractivity (Wildman–Crippen MR) is 105 cm³/mol. The maximum Gasteiger partial charge on any atom is 0.222 e. The van der Waals surface area contributed by atoms with Crippen LogP contribution < -0.4 is 10.6 Å². The summed E-state index contributed by atoms with van der Waals surface area (Å²) in [7, 11) is 0. The molecule has 0 atom stereocenters. The number of anilines is 1. The van der Waals surface area contributed by atoms with Gasteiger partial charge in [0.1, 0.15) is 5.82 Å². The Hall–Kier alpha value is -2.40. The van der Waals surface area contributed by atoms with E-state index in [0.29, 0.717) is 19.5 Å². The van der Waals surface area contributed by atoms with E-state index in [0.717, 1.165) is 43.6 Å². The van der Waals surface area contributed by atoms with E-state index in [1.165, 1.54) is 11.6 Å². The molecule has 0 unspecified atom stereocenters. The number of carbonyl (C=O) groups excluding carboxylic acids is 1. The molecule has 142 valence electrons. The molecule has 2 aliphatic rings. The number of carbonyl (C=O) groups is 1. The SMILES string of the molecule is O=C1CC2(CCN(Cc3ccccc3F)CC2)Nc2ccccc2CCN1. The summed E-state index contributed by atoms with van der Waals surface area (Å²) < 4.78 is 14.0. The lowest BCUT2D eigenvalue weighted by molar-refractivity contribution is -0.122. The minimum Gasteiger partial charge on any atom is -0.379 e. The standard InChI is InChI=1S/C22H26FN3O/c23-19-7-3-1-6-18(19)16-26-13-10-22(11-14-26)15-21(27)24-12-9-17-5-2-4-8-20(17)25-22/h1-8,25H,9-16H2,(H,24,27). The third kappa shape index (κ3) is 4.14. The highest BCUT2D eigenvalue weighted by atomic mass is 19.1. The molecule has 5 heteroatoms. The van der Waals surface area contributed by atoms with Crippen LogP contribution in [0, 0.1) is 5.82 Å². The van der Waals surface area contributed by atoms with E-state index >= 15 is 0 Å². The van der Waals surface area contributed by atoms with Crippen LogP contribution in [-0.4, -0.2) is 36.0 Å². The topological polar surface area (TPSA) is 44.4 Å². The van der Waals surface area contributed by atoms with E-state index in [2.05, 4.69) is 27.7 Å². The number of rotatable bonds is 2. The summed E-state index contributed by atoms with van der Waals surface area (Å²) in [5.41, 5.74) is 2.87. The molecule has 1 amide bonds. The molecule has 2 aliphatic heterocycles. The van der Waals surface area contributed by atoms with Crippen molar-refractivity contribution in [2.45, 2.75) is 37.8 Å². The Kier molecular flexibility index (Phi) is 5.12. The molecule has 2 N–H and O–H groups in total. The zero-order chi connectivity index (χ0) is 18.7. The number of nitrogens with zero attached hydrogens (tertiary/aromatic N) is 1. The van der Waals surface area contributed by atoms with Crippen molar-refractivity contribution in [3.8, 4) is 0 Å².